The Bertz CT molecular complexity index is 394. The van der Waals surface area contributed by atoms with Gasteiger partial charge in [-0.2, -0.15) is 0 Å². The number of aliphatic hydroxyl groups is 4. The number of carboxylic acid groups (broad SMARTS) is 4. The summed E-state index contributed by atoms with van der Waals surface area (Å²) in [6.45, 7) is 0. The van der Waals surface area contributed by atoms with E-state index >= 15 is 0 Å². The van der Waals surface area contributed by atoms with Crippen LogP contribution in [0.4, 0.5) is 0 Å². The van der Waals surface area contributed by atoms with Crippen LogP contribution in [-0.4, -0.2) is 89.1 Å². The van der Waals surface area contributed by atoms with Crippen LogP contribution in [0.25, 0.3) is 0 Å². The molecule has 0 aromatic heterocycles. The van der Waals surface area contributed by atoms with Crippen molar-refractivity contribution < 1.29 is 60.0 Å². The molecule has 12 heteroatoms. The summed E-state index contributed by atoms with van der Waals surface area (Å²) in [5.41, 5.74) is 0. The summed E-state index contributed by atoms with van der Waals surface area (Å²) < 4.78 is 0. The van der Waals surface area contributed by atoms with Crippen LogP contribution in [0.15, 0.2) is 0 Å². The number of aliphatic hydroxyl groups excluding tert-OH is 4. The van der Waals surface area contributed by atoms with Crippen LogP contribution < -0.4 is 0 Å². The Morgan fingerprint density at radius 1 is 0.583 bits per heavy atom. The minimum Gasteiger partial charge on any atom is -0.481 e. The van der Waals surface area contributed by atoms with Gasteiger partial charge < -0.3 is 40.9 Å². The maximum absolute atomic E-state index is 10.1. The lowest BCUT2D eigenvalue weighted by Crippen LogP contribution is -2.49. The maximum atomic E-state index is 10.1. The highest BCUT2D eigenvalue weighted by Crippen LogP contribution is 2.05. The summed E-state index contributed by atoms with van der Waals surface area (Å²) in [5, 5.41) is 67.7. The highest BCUT2D eigenvalue weighted by atomic mass is 16.4. The smallest absolute Gasteiger partial charge is 0.335 e. The van der Waals surface area contributed by atoms with E-state index in [9.17, 15) is 19.2 Å². The van der Waals surface area contributed by atoms with Crippen LogP contribution in [0.1, 0.15) is 25.7 Å². The van der Waals surface area contributed by atoms with Crippen molar-refractivity contribution in [1.82, 2.24) is 0 Å². The second-order valence-electron chi connectivity index (χ2n) is 4.54. The predicted octanol–water partition coefficient (Wildman–Crippen LogP) is -2.68. The first-order valence-corrected chi connectivity index (χ1v) is 6.53. The van der Waals surface area contributed by atoms with Crippen molar-refractivity contribution in [2.45, 2.75) is 50.1 Å². The zero-order chi connectivity index (χ0) is 19.4. The largest absolute Gasteiger partial charge is 0.481 e. The Morgan fingerprint density at radius 2 is 0.833 bits per heavy atom. The van der Waals surface area contributed by atoms with Gasteiger partial charge in [-0.3, -0.25) is 9.59 Å². The lowest BCUT2D eigenvalue weighted by atomic mass is 10.0. The summed E-state index contributed by atoms with van der Waals surface area (Å²) in [6.07, 6.45) is -8.26. The van der Waals surface area contributed by atoms with Gasteiger partial charge in [0.15, 0.2) is 12.2 Å². The standard InChI is InChI=1S/C6H10O8.C6H10O4/c7-1(3(9)5(11)12)2(8)4(10)6(13)14;7-5(8)3-1-2-4-6(9)10/h1-4,7-10H,(H,11,12)(H,13,14);1-4H2,(H,7,8)(H,9,10)/t1-,2-,3-,4+;/m0./s1. The van der Waals surface area contributed by atoms with E-state index in [4.69, 9.17) is 40.9 Å². The Kier molecular flexibility index (Phi) is 12.2. The molecular formula is C12H20O12. The number of carbonyl (C=O) groups is 4. The van der Waals surface area contributed by atoms with E-state index in [2.05, 4.69) is 0 Å². The SMILES string of the molecule is O=C(O)CCCCC(=O)O.O=C(O)[C@@H](O)[C@@H](O)[C@H](O)[C@@H](O)C(=O)O. The third-order valence-corrected chi connectivity index (χ3v) is 2.53. The summed E-state index contributed by atoms with van der Waals surface area (Å²) in [6, 6.07) is 0. The van der Waals surface area contributed by atoms with Crippen LogP contribution in [0, 0.1) is 0 Å². The molecule has 0 bridgehead atoms. The van der Waals surface area contributed by atoms with Crippen molar-refractivity contribution in [3.8, 4) is 0 Å². The molecule has 0 saturated heterocycles. The van der Waals surface area contributed by atoms with Crippen LogP contribution >= 0.6 is 0 Å². The molecule has 0 aliphatic carbocycles. The van der Waals surface area contributed by atoms with Gasteiger partial charge >= 0.3 is 23.9 Å². The summed E-state index contributed by atoms with van der Waals surface area (Å²) in [5.74, 6) is -5.42. The highest BCUT2D eigenvalue weighted by molar-refractivity contribution is 5.75. The Labute approximate surface area is 135 Å². The lowest BCUT2D eigenvalue weighted by Gasteiger charge is -2.21. The van der Waals surface area contributed by atoms with E-state index in [-0.39, 0.29) is 12.8 Å². The molecule has 0 aromatic carbocycles. The van der Waals surface area contributed by atoms with E-state index in [1.165, 1.54) is 0 Å². The Morgan fingerprint density at radius 3 is 1.00 bits per heavy atom. The second kappa shape index (κ2) is 12.2. The van der Waals surface area contributed by atoms with Gasteiger partial charge in [-0.05, 0) is 12.8 Å². The third kappa shape index (κ3) is 11.3. The second-order valence-corrected chi connectivity index (χ2v) is 4.54. The van der Waals surface area contributed by atoms with E-state index in [0.29, 0.717) is 12.8 Å². The highest BCUT2D eigenvalue weighted by Gasteiger charge is 2.37. The topological polar surface area (TPSA) is 230 Å². The van der Waals surface area contributed by atoms with E-state index in [1.54, 1.807) is 0 Å². The van der Waals surface area contributed by atoms with Gasteiger partial charge in [0.2, 0.25) is 0 Å². The molecule has 0 amide bonds. The van der Waals surface area contributed by atoms with Gasteiger partial charge in [0.25, 0.3) is 0 Å². The molecule has 12 nitrogen and oxygen atoms in total. The third-order valence-electron chi connectivity index (χ3n) is 2.53. The zero-order valence-corrected chi connectivity index (χ0v) is 12.3. The van der Waals surface area contributed by atoms with Crippen LogP contribution in [0.2, 0.25) is 0 Å². The van der Waals surface area contributed by atoms with Gasteiger partial charge in [-0.15, -0.1) is 0 Å². The molecule has 140 valence electrons. The quantitative estimate of drug-likeness (QED) is 0.187. The molecule has 0 heterocycles. The number of carboxylic acids is 4. The van der Waals surface area contributed by atoms with Crippen LogP contribution in [0.3, 0.4) is 0 Å². The predicted molar refractivity (Wildman–Crippen MR) is 73.0 cm³/mol. The van der Waals surface area contributed by atoms with Gasteiger partial charge in [-0.1, -0.05) is 0 Å². The van der Waals surface area contributed by atoms with Crippen LogP contribution in [0.5, 0.6) is 0 Å². The molecule has 4 atom stereocenters. The minimum atomic E-state index is -2.36. The molecule has 0 spiro atoms. The molecule has 0 saturated carbocycles. The number of rotatable bonds is 10. The van der Waals surface area contributed by atoms with Gasteiger partial charge in [0.1, 0.15) is 12.2 Å². The number of hydrogen-bond donors (Lipinski definition) is 8. The summed E-state index contributed by atoms with van der Waals surface area (Å²) >= 11 is 0. The first kappa shape index (κ1) is 24.0. The monoisotopic (exact) mass is 356 g/mol. The van der Waals surface area contributed by atoms with Crippen LogP contribution in [-0.2, 0) is 19.2 Å². The average molecular weight is 356 g/mol. The molecule has 0 rings (SSSR count). The molecule has 0 radical (unpaired) electrons. The lowest BCUT2D eigenvalue weighted by molar-refractivity contribution is -0.172. The Balaban J connectivity index is 0. The molecule has 0 fully saturated rings. The molecule has 0 aliphatic rings. The number of hydrogen-bond acceptors (Lipinski definition) is 8. The normalized spacial score (nSPS) is 15.2. The van der Waals surface area contributed by atoms with E-state index in [1.807, 2.05) is 0 Å². The first-order chi connectivity index (χ1) is 10.9. The average Bonchev–Trinajstić information content (AvgIpc) is 2.48. The fraction of sp³-hybridized carbons (Fsp3) is 0.667. The molecular weight excluding hydrogens is 336 g/mol. The zero-order valence-electron chi connectivity index (χ0n) is 12.3. The first-order valence-electron chi connectivity index (χ1n) is 6.53. The van der Waals surface area contributed by atoms with Crippen molar-refractivity contribution in [2.24, 2.45) is 0 Å². The van der Waals surface area contributed by atoms with Crippen molar-refractivity contribution in [3.05, 3.63) is 0 Å². The summed E-state index contributed by atoms with van der Waals surface area (Å²) in [4.78, 5) is 40.0. The molecule has 24 heavy (non-hydrogen) atoms. The molecule has 8 N–H and O–H groups in total. The molecule has 0 aliphatic heterocycles. The van der Waals surface area contributed by atoms with Crippen molar-refractivity contribution >= 4 is 23.9 Å². The van der Waals surface area contributed by atoms with E-state index < -0.39 is 48.3 Å². The number of unbranched alkanes of at least 4 members (excludes halogenated alkanes) is 1. The van der Waals surface area contributed by atoms with Gasteiger partial charge in [-0.25, -0.2) is 9.59 Å². The minimum absolute atomic E-state index is 0.0628. The molecule has 0 unspecified atom stereocenters. The summed E-state index contributed by atoms with van der Waals surface area (Å²) in [7, 11) is 0. The van der Waals surface area contributed by atoms with Crippen molar-refractivity contribution in [1.29, 1.82) is 0 Å². The fourth-order valence-corrected chi connectivity index (χ4v) is 1.22. The number of aliphatic carboxylic acids is 4. The Hall–Kier alpha value is -2.28. The van der Waals surface area contributed by atoms with Gasteiger partial charge in [0.05, 0.1) is 0 Å². The fourth-order valence-electron chi connectivity index (χ4n) is 1.22. The maximum Gasteiger partial charge on any atom is 0.335 e. The van der Waals surface area contributed by atoms with E-state index in [0.717, 1.165) is 0 Å². The van der Waals surface area contributed by atoms with Crippen molar-refractivity contribution in [3.63, 3.8) is 0 Å². The molecule has 0 aromatic rings. The van der Waals surface area contributed by atoms with Gasteiger partial charge in [0, 0.05) is 12.8 Å². The van der Waals surface area contributed by atoms with Crippen molar-refractivity contribution in [2.75, 3.05) is 0 Å².